The summed E-state index contributed by atoms with van der Waals surface area (Å²) < 4.78 is 39.7. The Hall–Kier alpha value is -2.73. The largest absolute Gasteiger partial charge is 0.487 e. The highest BCUT2D eigenvalue weighted by Gasteiger charge is 2.27. The van der Waals surface area contributed by atoms with Crippen LogP contribution in [0.3, 0.4) is 0 Å². The second-order valence-electron chi connectivity index (χ2n) is 8.81. The van der Waals surface area contributed by atoms with Crippen LogP contribution in [0.4, 0.5) is 5.69 Å². The quantitative estimate of drug-likeness (QED) is 0.295. The Kier molecular flexibility index (Phi) is 9.24. The zero-order valence-electron chi connectivity index (χ0n) is 20.6. The summed E-state index contributed by atoms with van der Waals surface area (Å²) in [5.74, 6) is -0.542. The van der Waals surface area contributed by atoms with Gasteiger partial charge in [-0.3, -0.25) is 4.79 Å². The van der Waals surface area contributed by atoms with Crippen LogP contribution in [0.15, 0.2) is 74.5 Å². The van der Waals surface area contributed by atoms with Crippen LogP contribution < -0.4 is 10.1 Å². The predicted octanol–water partition coefficient (Wildman–Crippen LogP) is 5.68. The standard InChI is InChI=1S/C27H26Br2N2O6S/c1-18-13-23(28)26(24(29)14-18)36-16-19-7-9-20(10-8-19)27(33)37-17-25(32)30-21-5-4-6-22(15-21)38(34,35)31-11-2-3-12-31/h4-10,13-15H,2-3,11-12,16-17H2,1H3,(H,30,32). The molecular weight excluding hydrogens is 640 g/mol. The Labute approximate surface area is 238 Å². The molecule has 4 rings (SSSR count). The SMILES string of the molecule is Cc1cc(Br)c(OCc2ccc(C(=O)OCC(=O)Nc3cccc(S(=O)(=O)N4CCCC4)c3)cc2)c(Br)c1. The van der Waals surface area contributed by atoms with Crippen molar-refractivity contribution in [3.63, 3.8) is 0 Å². The maximum atomic E-state index is 12.8. The molecular formula is C27H26Br2N2O6S. The first-order chi connectivity index (χ1) is 18.1. The molecule has 0 aliphatic carbocycles. The molecule has 1 aliphatic heterocycles. The number of hydrogen-bond donors (Lipinski definition) is 1. The first-order valence-corrected chi connectivity index (χ1v) is 14.9. The Morgan fingerprint density at radius 1 is 0.974 bits per heavy atom. The van der Waals surface area contributed by atoms with E-state index >= 15 is 0 Å². The topological polar surface area (TPSA) is 102 Å². The summed E-state index contributed by atoms with van der Waals surface area (Å²) in [5.41, 5.74) is 2.54. The highest BCUT2D eigenvalue weighted by molar-refractivity contribution is 9.11. The van der Waals surface area contributed by atoms with Gasteiger partial charge in [0.1, 0.15) is 12.4 Å². The smallest absolute Gasteiger partial charge is 0.338 e. The molecule has 0 unspecified atom stereocenters. The fourth-order valence-corrected chi connectivity index (χ4v) is 7.15. The van der Waals surface area contributed by atoms with E-state index in [4.69, 9.17) is 9.47 Å². The third-order valence-electron chi connectivity index (χ3n) is 5.87. The molecule has 3 aromatic rings. The van der Waals surface area contributed by atoms with Crippen LogP contribution in [-0.4, -0.2) is 44.3 Å². The molecule has 0 bridgehead atoms. The lowest BCUT2D eigenvalue weighted by molar-refractivity contribution is -0.119. The van der Waals surface area contributed by atoms with Gasteiger partial charge in [0.2, 0.25) is 10.0 Å². The summed E-state index contributed by atoms with van der Waals surface area (Å²) in [6.07, 6.45) is 1.67. The van der Waals surface area contributed by atoms with E-state index in [0.717, 1.165) is 32.9 Å². The number of esters is 1. The molecule has 0 aromatic heterocycles. The lowest BCUT2D eigenvalue weighted by Gasteiger charge is -2.16. The molecule has 0 spiro atoms. The third kappa shape index (κ3) is 7.02. The van der Waals surface area contributed by atoms with Gasteiger partial charge in [-0.2, -0.15) is 4.31 Å². The summed E-state index contributed by atoms with van der Waals surface area (Å²) in [6.45, 7) is 2.75. The number of nitrogens with one attached hydrogen (secondary N) is 1. The molecule has 11 heteroatoms. The number of hydrogen-bond acceptors (Lipinski definition) is 6. The molecule has 8 nitrogen and oxygen atoms in total. The Morgan fingerprint density at radius 3 is 2.29 bits per heavy atom. The zero-order chi connectivity index (χ0) is 27.3. The first-order valence-electron chi connectivity index (χ1n) is 11.9. The van der Waals surface area contributed by atoms with Crippen LogP contribution >= 0.6 is 31.9 Å². The van der Waals surface area contributed by atoms with Gasteiger partial charge in [0.15, 0.2) is 6.61 Å². The van der Waals surface area contributed by atoms with Crippen LogP contribution in [0.5, 0.6) is 5.75 Å². The molecule has 1 N–H and O–H groups in total. The number of sulfonamides is 1. The molecule has 3 aromatic carbocycles. The lowest BCUT2D eigenvalue weighted by atomic mass is 10.1. The summed E-state index contributed by atoms with van der Waals surface area (Å²) in [7, 11) is -3.61. The van der Waals surface area contributed by atoms with Crippen molar-refractivity contribution in [2.75, 3.05) is 25.0 Å². The van der Waals surface area contributed by atoms with E-state index < -0.39 is 28.5 Å². The number of nitrogens with zero attached hydrogens (tertiary/aromatic N) is 1. The molecule has 0 saturated carbocycles. The highest BCUT2D eigenvalue weighted by Crippen LogP contribution is 2.35. The van der Waals surface area contributed by atoms with Gasteiger partial charge in [0.25, 0.3) is 5.91 Å². The van der Waals surface area contributed by atoms with Crippen LogP contribution in [0.1, 0.15) is 34.3 Å². The third-order valence-corrected chi connectivity index (χ3v) is 8.94. The van der Waals surface area contributed by atoms with Gasteiger partial charge in [-0.05, 0) is 105 Å². The van der Waals surface area contributed by atoms with Crippen LogP contribution in [-0.2, 0) is 26.2 Å². The van der Waals surface area contributed by atoms with Crippen molar-refractivity contribution in [2.24, 2.45) is 0 Å². The van der Waals surface area contributed by atoms with Gasteiger partial charge in [0.05, 0.1) is 19.4 Å². The summed E-state index contributed by atoms with van der Waals surface area (Å²) in [4.78, 5) is 24.9. The van der Waals surface area contributed by atoms with Crippen molar-refractivity contribution < 1.29 is 27.5 Å². The van der Waals surface area contributed by atoms with Crippen LogP contribution in [0, 0.1) is 6.92 Å². The van der Waals surface area contributed by atoms with E-state index in [1.54, 1.807) is 36.4 Å². The van der Waals surface area contributed by atoms with Crippen molar-refractivity contribution in [2.45, 2.75) is 31.3 Å². The molecule has 200 valence electrons. The average molecular weight is 666 g/mol. The zero-order valence-corrected chi connectivity index (χ0v) is 24.6. The summed E-state index contributed by atoms with van der Waals surface area (Å²) >= 11 is 7.00. The summed E-state index contributed by atoms with van der Waals surface area (Å²) in [6, 6.07) is 16.7. The number of anilines is 1. The van der Waals surface area contributed by atoms with Crippen molar-refractivity contribution in [3.8, 4) is 5.75 Å². The van der Waals surface area contributed by atoms with Gasteiger partial charge in [0, 0.05) is 18.8 Å². The number of rotatable bonds is 9. The van der Waals surface area contributed by atoms with E-state index in [1.807, 2.05) is 19.1 Å². The molecule has 1 heterocycles. The van der Waals surface area contributed by atoms with Gasteiger partial charge in [-0.15, -0.1) is 0 Å². The minimum atomic E-state index is -3.61. The van der Waals surface area contributed by atoms with Crippen LogP contribution in [0.25, 0.3) is 0 Å². The van der Waals surface area contributed by atoms with Crippen molar-refractivity contribution in [3.05, 3.63) is 86.3 Å². The van der Waals surface area contributed by atoms with Gasteiger partial charge >= 0.3 is 5.97 Å². The molecule has 1 aliphatic rings. The van der Waals surface area contributed by atoms with Crippen molar-refractivity contribution in [1.82, 2.24) is 4.31 Å². The number of halogens is 2. The number of ether oxygens (including phenoxy) is 2. The molecule has 1 amide bonds. The number of amides is 1. The fourth-order valence-electron chi connectivity index (χ4n) is 3.94. The monoisotopic (exact) mass is 664 g/mol. The Balaban J connectivity index is 1.28. The first kappa shape index (κ1) is 28.3. The van der Waals surface area contributed by atoms with Gasteiger partial charge in [-0.1, -0.05) is 18.2 Å². The second kappa shape index (κ2) is 12.4. The predicted molar refractivity (Wildman–Crippen MR) is 151 cm³/mol. The number of carbonyl (C=O) groups is 2. The van der Waals surface area contributed by atoms with E-state index in [1.165, 1.54) is 16.4 Å². The molecule has 38 heavy (non-hydrogen) atoms. The molecule has 1 saturated heterocycles. The Bertz CT molecular complexity index is 1420. The molecule has 1 fully saturated rings. The number of carbonyl (C=O) groups excluding carboxylic acids is 2. The van der Waals surface area contributed by atoms with E-state index in [9.17, 15) is 18.0 Å². The average Bonchev–Trinajstić information content (AvgIpc) is 3.43. The van der Waals surface area contributed by atoms with Crippen molar-refractivity contribution >= 4 is 59.4 Å². The minimum absolute atomic E-state index is 0.111. The van der Waals surface area contributed by atoms with Crippen molar-refractivity contribution in [1.29, 1.82) is 0 Å². The number of benzene rings is 3. The Morgan fingerprint density at radius 2 is 1.63 bits per heavy atom. The van der Waals surface area contributed by atoms with Gasteiger partial charge in [-0.25, -0.2) is 13.2 Å². The fraction of sp³-hybridized carbons (Fsp3) is 0.259. The molecule has 0 radical (unpaired) electrons. The van der Waals surface area contributed by atoms with E-state index in [0.29, 0.717) is 31.1 Å². The second-order valence-corrected chi connectivity index (χ2v) is 12.5. The minimum Gasteiger partial charge on any atom is -0.487 e. The number of aryl methyl sites for hydroxylation is 1. The maximum absolute atomic E-state index is 12.8. The highest BCUT2D eigenvalue weighted by atomic mass is 79.9. The molecule has 0 atom stereocenters. The lowest BCUT2D eigenvalue weighted by Crippen LogP contribution is -2.28. The summed E-state index contributed by atoms with van der Waals surface area (Å²) in [5, 5.41) is 2.58. The van der Waals surface area contributed by atoms with Crippen LogP contribution in [0.2, 0.25) is 0 Å². The maximum Gasteiger partial charge on any atom is 0.338 e. The normalized spacial score (nSPS) is 13.8. The van der Waals surface area contributed by atoms with E-state index in [2.05, 4.69) is 37.2 Å². The van der Waals surface area contributed by atoms with E-state index in [-0.39, 0.29) is 10.5 Å². The van der Waals surface area contributed by atoms with Gasteiger partial charge < -0.3 is 14.8 Å².